The van der Waals surface area contributed by atoms with Gasteiger partial charge in [0.05, 0.1) is 0 Å². The molecule has 0 nitrogen and oxygen atoms in total. The Morgan fingerprint density at radius 3 is 1.50 bits per heavy atom. The van der Waals surface area contributed by atoms with Gasteiger partial charge in [0.25, 0.3) is 0 Å². The monoisotopic (exact) mass is 738 g/mol. The molecule has 0 aromatic heterocycles. The summed E-state index contributed by atoms with van der Waals surface area (Å²) in [5, 5.41) is 0. The summed E-state index contributed by atoms with van der Waals surface area (Å²) in [7, 11) is 0. The van der Waals surface area contributed by atoms with Gasteiger partial charge < -0.3 is 0 Å². The first-order valence-electron chi connectivity index (χ1n) is 18.8. The molecule has 0 saturated heterocycles. The third-order valence-corrected chi connectivity index (χ3v) is 19.2. The number of hydrogen-bond donors (Lipinski definition) is 0. The average Bonchev–Trinajstić information content (AvgIpc) is 3.55. The molecule has 2 aliphatic carbocycles. The van der Waals surface area contributed by atoms with E-state index in [4.69, 9.17) is 0 Å². The van der Waals surface area contributed by atoms with Crippen LogP contribution in [-0.4, -0.2) is 3.21 Å². The van der Waals surface area contributed by atoms with Crippen molar-refractivity contribution < 1.29 is 21.3 Å². The van der Waals surface area contributed by atoms with Gasteiger partial charge in [-0.2, -0.15) is 0 Å². The van der Waals surface area contributed by atoms with Gasteiger partial charge in [-0.05, 0) is 0 Å². The van der Waals surface area contributed by atoms with E-state index in [-0.39, 0.29) is 21.7 Å². The molecule has 1 unspecified atom stereocenters. The van der Waals surface area contributed by atoms with Crippen molar-refractivity contribution in [3.63, 3.8) is 0 Å². The summed E-state index contributed by atoms with van der Waals surface area (Å²) in [5.41, 5.74) is 16.3. The zero-order valence-corrected chi connectivity index (χ0v) is 35.9. The molecule has 2 aliphatic rings. The van der Waals surface area contributed by atoms with Crippen molar-refractivity contribution in [2.45, 2.75) is 125 Å². The molecule has 1 atom stereocenters. The van der Waals surface area contributed by atoms with E-state index in [1.165, 1.54) is 50.1 Å². The SMILES string of the molecule is CC1=CC(C)[C]([Zr](=[C](c2ccc(C(C)(C)C)cc2)c2ccc(C(C)(C)C)cc2)[c]2c(C(C)(C)C)ccc3c2Cc2cc(C(C)(C)C)ccc2-3)=C1. The number of benzene rings is 4. The van der Waals surface area contributed by atoms with Crippen LogP contribution in [0.3, 0.4) is 0 Å². The fourth-order valence-electron chi connectivity index (χ4n) is 8.01. The average molecular weight is 740 g/mol. The summed E-state index contributed by atoms with van der Waals surface area (Å²) >= 11 is -2.96. The van der Waals surface area contributed by atoms with Crippen LogP contribution in [0.1, 0.15) is 141 Å². The van der Waals surface area contributed by atoms with Crippen molar-refractivity contribution in [1.29, 1.82) is 0 Å². The van der Waals surface area contributed by atoms with Crippen molar-refractivity contribution in [3.05, 3.63) is 144 Å². The van der Waals surface area contributed by atoms with Crippen molar-refractivity contribution in [2.24, 2.45) is 5.92 Å². The molecule has 0 fully saturated rings. The summed E-state index contributed by atoms with van der Waals surface area (Å²) in [6, 6.07) is 31.7. The predicted molar refractivity (Wildman–Crippen MR) is 216 cm³/mol. The zero-order valence-electron chi connectivity index (χ0n) is 33.4. The first-order valence-corrected chi connectivity index (χ1v) is 22.5. The standard InChI is InChI=1S/C21H25.C21H26.C7H9.Zr/c1-20(2,3)16-7-9-18-14(12-16)11-15-13-17(21(4,5)6)8-10-19(15)18;1-20(2,3)18-11-7-16(8-12-18)15-17-9-13-19(14-10-17)21(4,5)6;1-6-3-4-7(2)5-6;/h7-10,12H,11H2,1-6H3;7-14H,1-6H3;3,5,7H,1-2H3;. The Labute approximate surface area is 312 Å². The Hall–Kier alpha value is -2.89. The fraction of sp³-hybridized carbons (Fsp3) is 0.408. The summed E-state index contributed by atoms with van der Waals surface area (Å²) in [4.78, 5) is 0. The minimum atomic E-state index is -2.96. The molecule has 0 amide bonds. The molecule has 4 aromatic rings. The Kier molecular flexibility index (Phi) is 9.56. The Morgan fingerprint density at radius 1 is 0.580 bits per heavy atom. The fourth-order valence-corrected chi connectivity index (χ4v) is 17.6. The molecule has 0 N–H and O–H groups in total. The summed E-state index contributed by atoms with van der Waals surface area (Å²) in [6.45, 7) is 33.0. The molecule has 0 saturated carbocycles. The second kappa shape index (κ2) is 13.0. The molecule has 0 spiro atoms. The van der Waals surface area contributed by atoms with Crippen molar-refractivity contribution in [2.75, 3.05) is 0 Å². The molecule has 0 aliphatic heterocycles. The number of rotatable bonds is 4. The molecular formula is C49H60Zr. The van der Waals surface area contributed by atoms with Crippen molar-refractivity contribution in [3.8, 4) is 11.1 Å². The Morgan fingerprint density at radius 2 is 1.06 bits per heavy atom. The van der Waals surface area contributed by atoms with Gasteiger partial charge in [-0.15, -0.1) is 0 Å². The summed E-state index contributed by atoms with van der Waals surface area (Å²) in [6.07, 6.45) is 6.13. The van der Waals surface area contributed by atoms with Crippen LogP contribution in [0.25, 0.3) is 11.1 Å². The van der Waals surface area contributed by atoms with Crippen LogP contribution >= 0.6 is 0 Å². The molecule has 1 heteroatoms. The summed E-state index contributed by atoms with van der Waals surface area (Å²) in [5.74, 6) is 0.432. The van der Waals surface area contributed by atoms with Gasteiger partial charge in [-0.1, -0.05) is 0 Å². The molecule has 4 aromatic carbocycles. The van der Waals surface area contributed by atoms with Gasteiger partial charge in [0.2, 0.25) is 0 Å². The van der Waals surface area contributed by atoms with Crippen molar-refractivity contribution >= 4 is 6.48 Å². The van der Waals surface area contributed by atoms with Gasteiger partial charge >= 0.3 is 314 Å². The molecule has 6 rings (SSSR count). The van der Waals surface area contributed by atoms with Gasteiger partial charge in [0, 0.05) is 0 Å². The molecule has 0 radical (unpaired) electrons. The van der Waals surface area contributed by atoms with Crippen LogP contribution in [0.4, 0.5) is 0 Å². The summed E-state index contributed by atoms with van der Waals surface area (Å²) < 4.78 is 5.02. The van der Waals surface area contributed by atoms with E-state index in [0.29, 0.717) is 5.92 Å². The number of hydrogen-bond acceptors (Lipinski definition) is 0. The van der Waals surface area contributed by atoms with E-state index in [9.17, 15) is 0 Å². The first kappa shape index (κ1) is 36.9. The van der Waals surface area contributed by atoms with E-state index >= 15 is 0 Å². The van der Waals surface area contributed by atoms with Crippen LogP contribution in [0.5, 0.6) is 0 Å². The topological polar surface area (TPSA) is 0 Å². The maximum atomic E-state index is 2.60. The van der Waals surface area contributed by atoms with Gasteiger partial charge in [-0.25, -0.2) is 0 Å². The van der Waals surface area contributed by atoms with Crippen molar-refractivity contribution in [1.82, 2.24) is 0 Å². The van der Waals surface area contributed by atoms with Gasteiger partial charge in [0.1, 0.15) is 0 Å². The molecule has 260 valence electrons. The van der Waals surface area contributed by atoms with E-state index in [1.807, 2.05) is 0 Å². The zero-order chi connectivity index (χ0) is 36.6. The molecular weight excluding hydrogens is 680 g/mol. The van der Waals surface area contributed by atoms with E-state index in [2.05, 4.69) is 188 Å². The van der Waals surface area contributed by atoms with Crippen LogP contribution in [0.15, 0.2) is 99.9 Å². The predicted octanol–water partition coefficient (Wildman–Crippen LogP) is 12.4. The van der Waals surface area contributed by atoms with Crippen LogP contribution < -0.4 is 3.27 Å². The minimum absolute atomic E-state index is 0.0175. The third kappa shape index (κ3) is 7.11. The maximum absolute atomic E-state index is 2.96. The van der Waals surface area contributed by atoms with Crippen LogP contribution in [0.2, 0.25) is 0 Å². The molecule has 0 heterocycles. The Balaban J connectivity index is 1.75. The van der Waals surface area contributed by atoms with Crippen LogP contribution in [-0.2, 0) is 49.3 Å². The molecule has 50 heavy (non-hydrogen) atoms. The van der Waals surface area contributed by atoms with Gasteiger partial charge in [0.15, 0.2) is 0 Å². The molecule has 0 bridgehead atoms. The number of allylic oxidation sites excluding steroid dienone is 4. The normalized spacial score (nSPS) is 16.2. The third-order valence-electron chi connectivity index (χ3n) is 11.0. The van der Waals surface area contributed by atoms with Crippen LogP contribution in [0, 0.1) is 5.92 Å². The number of fused-ring (bicyclic) bond motifs is 3. The van der Waals surface area contributed by atoms with Gasteiger partial charge in [-0.3, -0.25) is 0 Å². The van der Waals surface area contributed by atoms with E-state index in [1.54, 1.807) is 20.9 Å². The van der Waals surface area contributed by atoms with E-state index < -0.39 is 21.3 Å². The van der Waals surface area contributed by atoms with E-state index in [0.717, 1.165) is 6.42 Å². The second-order valence-electron chi connectivity index (χ2n) is 19.3. The first-order chi connectivity index (χ1) is 23.1. The quantitative estimate of drug-likeness (QED) is 0.172. The second-order valence-corrected chi connectivity index (χ2v) is 25.0. The Bertz CT molecular complexity index is 1970.